The van der Waals surface area contributed by atoms with Crippen LogP contribution in [0.3, 0.4) is 0 Å². The van der Waals surface area contributed by atoms with Gasteiger partial charge in [-0.05, 0) is 48.9 Å². The van der Waals surface area contributed by atoms with Crippen molar-refractivity contribution >= 4 is 5.69 Å². The molecule has 1 saturated heterocycles. The van der Waals surface area contributed by atoms with Gasteiger partial charge in [-0.25, -0.2) is 0 Å². The Hall–Kier alpha value is -1.02. The molecular formula is C16H26N2. The lowest BCUT2D eigenvalue weighted by molar-refractivity contribution is 0.589. The van der Waals surface area contributed by atoms with E-state index >= 15 is 0 Å². The van der Waals surface area contributed by atoms with Crippen LogP contribution in [0.2, 0.25) is 0 Å². The van der Waals surface area contributed by atoms with E-state index in [1.807, 2.05) is 0 Å². The Balaban J connectivity index is 2.26. The van der Waals surface area contributed by atoms with Crippen molar-refractivity contribution in [2.24, 2.45) is 0 Å². The van der Waals surface area contributed by atoms with E-state index in [1.54, 1.807) is 0 Å². The molecule has 2 nitrogen and oxygen atoms in total. The van der Waals surface area contributed by atoms with Crippen LogP contribution in [0, 0.1) is 13.8 Å². The topological polar surface area (TPSA) is 24.1 Å². The van der Waals surface area contributed by atoms with Crippen LogP contribution in [-0.2, 0) is 5.41 Å². The van der Waals surface area contributed by atoms with Crippen LogP contribution in [0.1, 0.15) is 43.9 Å². The first-order valence-corrected chi connectivity index (χ1v) is 6.97. The fourth-order valence-corrected chi connectivity index (χ4v) is 2.61. The zero-order chi connectivity index (χ0) is 13.3. The quantitative estimate of drug-likeness (QED) is 0.836. The maximum atomic E-state index is 3.69. The molecule has 100 valence electrons. The highest BCUT2D eigenvalue weighted by Gasteiger charge is 2.19. The van der Waals surface area contributed by atoms with Crippen LogP contribution in [0.5, 0.6) is 0 Å². The van der Waals surface area contributed by atoms with Crippen molar-refractivity contribution in [1.29, 1.82) is 0 Å². The first-order valence-electron chi connectivity index (χ1n) is 6.97. The molecule has 2 rings (SSSR count). The zero-order valence-electron chi connectivity index (χ0n) is 12.4. The molecule has 2 heteroatoms. The van der Waals surface area contributed by atoms with Crippen LogP contribution in [0.15, 0.2) is 12.1 Å². The molecule has 0 aromatic heterocycles. The average Bonchev–Trinajstić information content (AvgIpc) is 2.74. The number of nitrogens with one attached hydrogen (secondary N) is 2. The summed E-state index contributed by atoms with van der Waals surface area (Å²) in [7, 11) is 0. The van der Waals surface area contributed by atoms with Gasteiger partial charge in [-0.1, -0.05) is 32.9 Å². The van der Waals surface area contributed by atoms with Gasteiger partial charge in [0.2, 0.25) is 0 Å². The smallest absolute Gasteiger partial charge is 0.0402 e. The summed E-state index contributed by atoms with van der Waals surface area (Å²) in [6.45, 7) is 13.5. The van der Waals surface area contributed by atoms with Gasteiger partial charge in [-0.3, -0.25) is 0 Å². The number of aryl methyl sites for hydroxylation is 2. The van der Waals surface area contributed by atoms with E-state index in [2.05, 4.69) is 57.4 Å². The van der Waals surface area contributed by atoms with Gasteiger partial charge in [0.15, 0.2) is 0 Å². The van der Waals surface area contributed by atoms with Gasteiger partial charge in [0.25, 0.3) is 0 Å². The largest absolute Gasteiger partial charge is 0.381 e. The SMILES string of the molecule is Cc1cc(C(C)(C)C)cc(C)c1NC1CCNC1. The minimum Gasteiger partial charge on any atom is -0.381 e. The second kappa shape index (κ2) is 4.93. The maximum absolute atomic E-state index is 3.69. The van der Waals surface area contributed by atoms with Crippen molar-refractivity contribution in [3.8, 4) is 0 Å². The summed E-state index contributed by atoms with van der Waals surface area (Å²) in [5.74, 6) is 0. The predicted octanol–water partition coefficient (Wildman–Crippen LogP) is 3.37. The first kappa shape index (κ1) is 13.4. The normalized spacial score (nSPS) is 20.2. The molecule has 1 aromatic carbocycles. The van der Waals surface area contributed by atoms with Crippen LogP contribution >= 0.6 is 0 Å². The Morgan fingerprint density at radius 2 is 1.78 bits per heavy atom. The number of rotatable bonds is 2. The average molecular weight is 246 g/mol. The second-order valence-corrected chi connectivity index (χ2v) is 6.57. The lowest BCUT2D eigenvalue weighted by Gasteiger charge is -2.24. The molecule has 0 bridgehead atoms. The molecule has 1 atom stereocenters. The van der Waals surface area contributed by atoms with Crippen molar-refractivity contribution in [3.05, 3.63) is 28.8 Å². The molecule has 1 aliphatic heterocycles. The lowest BCUT2D eigenvalue weighted by atomic mass is 9.84. The van der Waals surface area contributed by atoms with E-state index in [9.17, 15) is 0 Å². The summed E-state index contributed by atoms with van der Waals surface area (Å²) in [4.78, 5) is 0. The lowest BCUT2D eigenvalue weighted by Crippen LogP contribution is -2.23. The highest BCUT2D eigenvalue weighted by Crippen LogP contribution is 2.30. The van der Waals surface area contributed by atoms with Crippen molar-refractivity contribution in [3.63, 3.8) is 0 Å². The minimum absolute atomic E-state index is 0.225. The first-order chi connectivity index (χ1) is 8.38. The van der Waals surface area contributed by atoms with Gasteiger partial charge in [0.05, 0.1) is 0 Å². The maximum Gasteiger partial charge on any atom is 0.0402 e. The molecule has 1 heterocycles. The molecule has 0 radical (unpaired) electrons. The Labute approximate surface area is 111 Å². The van der Waals surface area contributed by atoms with Gasteiger partial charge in [0.1, 0.15) is 0 Å². The van der Waals surface area contributed by atoms with Crippen LogP contribution in [-0.4, -0.2) is 19.1 Å². The third-order valence-electron chi connectivity index (χ3n) is 3.81. The van der Waals surface area contributed by atoms with E-state index in [-0.39, 0.29) is 5.41 Å². The third kappa shape index (κ3) is 2.86. The van der Waals surface area contributed by atoms with Gasteiger partial charge >= 0.3 is 0 Å². The number of hydrogen-bond acceptors (Lipinski definition) is 2. The minimum atomic E-state index is 0.225. The molecule has 18 heavy (non-hydrogen) atoms. The second-order valence-electron chi connectivity index (χ2n) is 6.57. The Kier molecular flexibility index (Phi) is 3.67. The Bertz CT molecular complexity index is 400. The molecule has 0 amide bonds. The fourth-order valence-electron chi connectivity index (χ4n) is 2.61. The van der Waals surface area contributed by atoms with E-state index < -0.39 is 0 Å². The highest BCUT2D eigenvalue weighted by atomic mass is 15.0. The van der Waals surface area contributed by atoms with Crippen molar-refractivity contribution in [2.45, 2.75) is 52.5 Å². The standard InChI is InChI=1S/C16H26N2/c1-11-8-13(16(3,4)5)9-12(2)15(11)18-14-6-7-17-10-14/h8-9,14,17-18H,6-7,10H2,1-5H3. The molecule has 1 fully saturated rings. The summed E-state index contributed by atoms with van der Waals surface area (Å²) >= 11 is 0. The summed E-state index contributed by atoms with van der Waals surface area (Å²) in [5, 5.41) is 7.10. The molecule has 1 unspecified atom stereocenters. The summed E-state index contributed by atoms with van der Waals surface area (Å²) in [6, 6.07) is 5.25. The zero-order valence-corrected chi connectivity index (χ0v) is 12.4. The van der Waals surface area contributed by atoms with Crippen LogP contribution < -0.4 is 10.6 Å². The Morgan fingerprint density at radius 3 is 2.22 bits per heavy atom. The molecule has 0 spiro atoms. The number of hydrogen-bond donors (Lipinski definition) is 2. The molecule has 1 aromatic rings. The Morgan fingerprint density at radius 1 is 1.17 bits per heavy atom. The van der Waals surface area contributed by atoms with E-state index in [1.165, 1.54) is 28.8 Å². The molecular weight excluding hydrogens is 220 g/mol. The summed E-state index contributed by atoms with van der Waals surface area (Å²) < 4.78 is 0. The number of anilines is 1. The van der Waals surface area contributed by atoms with E-state index in [4.69, 9.17) is 0 Å². The summed E-state index contributed by atoms with van der Waals surface area (Å²) in [5.41, 5.74) is 5.71. The predicted molar refractivity (Wildman–Crippen MR) is 79.5 cm³/mol. The highest BCUT2D eigenvalue weighted by molar-refractivity contribution is 5.59. The van der Waals surface area contributed by atoms with E-state index in [0.717, 1.165) is 13.1 Å². The van der Waals surface area contributed by atoms with Gasteiger partial charge < -0.3 is 10.6 Å². The van der Waals surface area contributed by atoms with E-state index in [0.29, 0.717) is 6.04 Å². The molecule has 2 N–H and O–H groups in total. The summed E-state index contributed by atoms with van der Waals surface area (Å²) in [6.07, 6.45) is 1.22. The number of benzene rings is 1. The molecule has 1 aliphatic rings. The van der Waals surface area contributed by atoms with Gasteiger partial charge in [-0.15, -0.1) is 0 Å². The van der Waals surface area contributed by atoms with Crippen molar-refractivity contribution < 1.29 is 0 Å². The van der Waals surface area contributed by atoms with Crippen molar-refractivity contribution in [1.82, 2.24) is 5.32 Å². The van der Waals surface area contributed by atoms with Crippen molar-refractivity contribution in [2.75, 3.05) is 18.4 Å². The van der Waals surface area contributed by atoms with Crippen LogP contribution in [0.4, 0.5) is 5.69 Å². The third-order valence-corrected chi connectivity index (χ3v) is 3.81. The molecule has 0 saturated carbocycles. The van der Waals surface area contributed by atoms with Crippen LogP contribution in [0.25, 0.3) is 0 Å². The molecule has 0 aliphatic carbocycles. The van der Waals surface area contributed by atoms with Gasteiger partial charge in [0, 0.05) is 18.3 Å². The van der Waals surface area contributed by atoms with Gasteiger partial charge in [-0.2, -0.15) is 0 Å². The fraction of sp³-hybridized carbons (Fsp3) is 0.625. The monoisotopic (exact) mass is 246 g/mol.